The van der Waals surface area contributed by atoms with Gasteiger partial charge in [-0.25, -0.2) is 4.79 Å². The number of carbonyl (C=O) groups excluding carboxylic acids is 1. The maximum absolute atomic E-state index is 11.7. The van der Waals surface area contributed by atoms with Gasteiger partial charge in [0.2, 0.25) is 5.96 Å². The number of aliphatic imine (C=N–C) groups is 1. The molecule has 0 bridgehead atoms. The molecule has 0 saturated carbocycles. The molecule has 1 amide bonds. The first-order valence-corrected chi connectivity index (χ1v) is 6.38. The molecule has 0 radical (unpaired) electrons. The van der Waals surface area contributed by atoms with Gasteiger partial charge in [0.15, 0.2) is 0 Å². The van der Waals surface area contributed by atoms with Crippen LogP contribution in [0, 0.1) is 0 Å². The highest BCUT2D eigenvalue weighted by molar-refractivity contribution is 6.02. The summed E-state index contributed by atoms with van der Waals surface area (Å²) in [5.74, 6) is 0.236. The fourth-order valence-corrected chi connectivity index (χ4v) is 1.33. The lowest BCUT2D eigenvalue weighted by molar-refractivity contribution is 0.0563. The first kappa shape index (κ1) is 16.0. The Kier molecular flexibility index (Phi) is 5.99. The SMILES string of the molecule is CC(C)(C)OC(=O)NC(=NCCO)Nc1ccccc1. The lowest BCUT2D eigenvalue weighted by Gasteiger charge is -2.20. The van der Waals surface area contributed by atoms with E-state index in [0.717, 1.165) is 5.69 Å². The van der Waals surface area contributed by atoms with Crippen molar-refractivity contribution >= 4 is 17.7 Å². The van der Waals surface area contributed by atoms with E-state index in [0.29, 0.717) is 0 Å². The van der Waals surface area contributed by atoms with Crippen molar-refractivity contribution in [1.82, 2.24) is 5.32 Å². The van der Waals surface area contributed by atoms with E-state index < -0.39 is 11.7 Å². The maximum Gasteiger partial charge on any atom is 0.414 e. The van der Waals surface area contributed by atoms with E-state index in [1.54, 1.807) is 20.8 Å². The third-order valence-corrected chi connectivity index (χ3v) is 2.03. The van der Waals surface area contributed by atoms with Crippen molar-refractivity contribution in [2.24, 2.45) is 4.99 Å². The van der Waals surface area contributed by atoms with E-state index >= 15 is 0 Å². The average Bonchev–Trinajstić information content (AvgIpc) is 2.35. The maximum atomic E-state index is 11.7. The minimum Gasteiger partial charge on any atom is -0.444 e. The number of anilines is 1. The van der Waals surface area contributed by atoms with Crippen LogP contribution in [0.3, 0.4) is 0 Å². The Morgan fingerprint density at radius 2 is 1.95 bits per heavy atom. The molecular formula is C14H21N3O3. The number of aliphatic hydroxyl groups is 1. The van der Waals surface area contributed by atoms with Crippen molar-refractivity contribution in [2.75, 3.05) is 18.5 Å². The smallest absolute Gasteiger partial charge is 0.414 e. The molecule has 0 atom stereocenters. The molecule has 0 saturated heterocycles. The summed E-state index contributed by atoms with van der Waals surface area (Å²) in [6, 6.07) is 9.28. The standard InChI is InChI=1S/C14H21N3O3/c1-14(2,3)20-13(19)17-12(15-9-10-18)16-11-7-5-4-6-8-11/h4-8,18H,9-10H2,1-3H3,(H2,15,16,17,19). The van der Waals surface area contributed by atoms with Gasteiger partial charge in [0, 0.05) is 5.69 Å². The van der Waals surface area contributed by atoms with Crippen LogP contribution >= 0.6 is 0 Å². The molecule has 0 spiro atoms. The Morgan fingerprint density at radius 3 is 2.50 bits per heavy atom. The fraction of sp³-hybridized carbons (Fsp3) is 0.429. The van der Waals surface area contributed by atoms with Crippen LogP contribution in [0.1, 0.15) is 20.8 Å². The molecule has 6 nitrogen and oxygen atoms in total. The Labute approximate surface area is 118 Å². The van der Waals surface area contributed by atoms with Gasteiger partial charge in [0.25, 0.3) is 0 Å². The number of ether oxygens (including phenoxy) is 1. The number of aliphatic hydroxyl groups excluding tert-OH is 1. The number of hydrogen-bond donors (Lipinski definition) is 3. The van der Waals surface area contributed by atoms with Crippen molar-refractivity contribution in [1.29, 1.82) is 0 Å². The second kappa shape index (κ2) is 7.49. The fourth-order valence-electron chi connectivity index (χ4n) is 1.33. The van der Waals surface area contributed by atoms with Crippen LogP contribution in [-0.2, 0) is 4.74 Å². The zero-order valence-corrected chi connectivity index (χ0v) is 12.0. The molecule has 0 aliphatic carbocycles. The van der Waals surface area contributed by atoms with Crippen LogP contribution in [0.4, 0.5) is 10.5 Å². The largest absolute Gasteiger partial charge is 0.444 e. The minimum absolute atomic E-state index is 0.101. The lowest BCUT2D eigenvalue weighted by Crippen LogP contribution is -2.40. The number of nitrogens with one attached hydrogen (secondary N) is 2. The van der Waals surface area contributed by atoms with E-state index in [4.69, 9.17) is 9.84 Å². The first-order chi connectivity index (χ1) is 9.40. The van der Waals surface area contributed by atoms with Crippen LogP contribution in [0.5, 0.6) is 0 Å². The molecule has 20 heavy (non-hydrogen) atoms. The Hall–Kier alpha value is -2.08. The summed E-state index contributed by atoms with van der Waals surface area (Å²) in [4.78, 5) is 15.8. The summed E-state index contributed by atoms with van der Waals surface area (Å²) < 4.78 is 5.15. The van der Waals surface area contributed by atoms with Gasteiger partial charge in [-0.1, -0.05) is 18.2 Å². The topological polar surface area (TPSA) is 83.0 Å². The monoisotopic (exact) mass is 279 g/mol. The number of guanidine groups is 1. The number of hydrogen-bond acceptors (Lipinski definition) is 4. The molecule has 6 heteroatoms. The first-order valence-electron chi connectivity index (χ1n) is 6.38. The molecule has 110 valence electrons. The van der Waals surface area contributed by atoms with Gasteiger partial charge in [0.1, 0.15) is 5.60 Å². The molecule has 0 aliphatic rings. The second-order valence-corrected chi connectivity index (χ2v) is 5.07. The predicted molar refractivity (Wildman–Crippen MR) is 78.8 cm³/mol. The number of alkyl carbamates (subject to hydrolysis) is 1. The van der Waals surface area contributed by atoms with Crippen molar-refractivity contribution in [2.45, 2.75) is 26.4 Å². The van der Waals surface area contributed by atoms with E-state index in [2.05, 4.69) is 15.6 Å². The highest BCUT2D eigenvalue weighted by Gasteiger charge is 2.17. The van der Waals surface area contributed by atoms with Gasteiger partial charge in [0.05, 0.1) is 13.2 Å². The molecular weight excluding hydrogens is 258 g/mol. The molecule has 1 aromatic rings. The summed E-state index contributed by atoms with van der Waals surface area (Å²) in [6.45, 7) is 5.42. The van der Waals surface area contributed by atoms with Crippen molar-refractivity contribution in [3.63, 3.8) is 0 Å². The number of amides is 1. The molecule has 1 aromatic carbocycles. The second-order valence-electron chi connectivity index (χ2n) is 5.07. The highest BCUT2D eigenvalue weighted by Crippen LogP contribution is 2.07. The number of rotatable bonds is 3. The molecule has 0 unspecified atom stereocenters. The predicted octanol–water partition coefficient (Wildman–Crippen LogP) is 1.97. The van der Waals surface area contributed by atoms with Crippen LogP contribution in [0.25, 0.3) is 0 Å². The van der Waals surface area contributed by atoms with E-state index in [9.17, 15) is 4.79 Å². The number of para-hydroxylation sites is 1. The van der Waals surface area contributed by atoms with Gasteiger partial charge < -0.3 is 15.2 Å². The zero-order valence-electron chi connectivity index (χ0n) is 12.0. The Balaban J connectivity index is 2.68. The summed E-state index contributed by atoms with van der Waals surface area (Å²) >= 11 is 0. The minimum atomic E-state index is -0.599. The zero-order chi connectivity index (χ0) is 15.0. The number of benzene rings is 1. The summed E-state index contributed by atoms with van der Waals surface area (Å²) in [6.07, 6.45) is -0.599. The molecule has 3 N–H and O–H groups in total. The summed E-state index contributed by atoms with van der Waals surface area (Å²) in [5, 5.41) is 14.3. The highest BCUT2D eigenvalue weighted by atomic mass is 16.6. The van der Waals surface area contributed by atoms with Gasteiger partial charge in [-0.05, 0) is 32.9 Å². The van der Waals surface area contributed by atoms with Crippen LogP contribution in [0.15, 0.2) is 35.3 Å². The van der Waals surface area contributed by atoms with Gasteiger partial charge in [-0.2, -0.15) is 0 Å². The van der Waals surface area contributed by atoms with E-state index in [1.165, 1.54) is 0 Å². The third kappa shape index (κ3) is 6.75. The molecule has 0 heterocycles. The number of nitrogens with zero attached hydrogens (tertiary/aromatic N) is 1. The van der Waals surface area contributed by atoms with E-state index in [1.807, 2.05) is 30.3 Å². The van der Waals surface area contributed by atoms with Crippen LogP contribution in [-0.4, -0.2) is 35.9 Å². The molecule has 0 fully saturated rings. The quantitative estimate of drug-likeness (QED) is 0.583. The van der Waals surface area contributed by atoms with E-state index in [-0.39, 0.29) is 19.1 Å². The van der Waals surface area contributed by atoms with Crippen molar-refractivity contribution < 1.29 is 14.6 Å². The van der Waals surface area contributed by atoms with Crippen molar-refractivity contribution in [3.05, 3.63) is 30.3 Å². The van der Waals surface area contributed by atoms with Crippen LogP contribution < -0.4 is 10.6 Å². The molecule has 0 aromatic heterocycles. The van der Waals surface area contributed by atoms with Gasteiger partial charge in [-0.3, -0.25) is 10.3 Å². The summed E-state index contributed by atoms with van der Waals surface area (Å²) in [5.41, 5.74) is 0.194. The van der Waals surface area contributed by atoms with Crippen molar-refractivity contribution in [3.8, 4) is 0 Å². The van der Waals surface area contributed by atoms with Gasteiger partial charge >= 0.3 is 6.09 Å². The Morgan fingerprint density at radius 1 is 1.30 bits per heavy atom. The normalized spacial score (nSPS) is 11.9. The lowest BCUT2D eigenvalue weighted by atomic mass is 10.2. The molecule has 0 aliphatic heterocycles. The van der Waals surface area contributed by atoms with Gasteiger partial charge in [-0.15, -0.1) is 0 Å². The molecule has 1 rings (SSSR count). The Bertz CT molecular complexity index is 452. The summed E-state index contributed by atoms with van der Waals surface area (Å²) in [7, 11) is 0. The third-order valence-electron chi connectivity index (χ3n) is 2.03. The van der Waals surface area contributed by atoms with Crippen LogP contribution in [0.2, 0.25) is 0 Å². The number of carbonyl (C=O) groups is 1. The average molecular weight is 279 g/mol.